The molecule has 0 spiro atoms. The number of carbonyl (C=O) groups is 1. The molecule has 1 aliphatic heterocycles. The van der Waals surface area contributed by atoms with Crippen LogP contribution in [-0.4, -0.2) is 29.6 Å². The molecular weight excluding hydrogens is 202 g/mol. The van der Waals surface area contributed by atoms with Gasteiger partial charge in [-0.15, -0.1) is 0 Å². The molecule has 0 unspecified atom stereocenters. The number of hydrogen-bond donors (Lipinski definition) is 1. The molecule has 0 amide bonds. The fraction of sp³-hybridized carbons (Fsp3) is 0.769. The Morgan fingerprint density at radius 1 is 1.38 bits per heavy atom. The minimum Gasteiger partial charge on any atom is -0.370 e. The molecule has 0 radical (unpaired) electrons. The van der Waals surface area contributed by atoms with Gasteiger partial charge in [-0.05, 0) is 46.6 Å². The number of ketones is 1. The summed E-state index contributed by atoms with van der Waals surface area (Å²) in [5, 5.41) is 3.58. The number of carbonyl (C=O) groups excluding carboxylic acids is 1. The standard InChI is InChI=1S/C13H23NO2/c1-6-10(15)9-16-11-7-12(2,3)14-13(4,5)8-11/h6,11,14H,1,7-9H2,2-5H3. The predicted molar refractivity (Wildman–Crippen MR) is 65.5 cm³/mol. The molecule has 0 bridgehead atoms. The fourth-order valence-corrected chi connectivity index (χ4v) is 2.61. The normalized spacial score (nSPS) is 24.0. The van der Waals surface area contributed by atoms with E-state index in [0.717, 1.165) is 12.8 Å². The lowest BCUT2D eigenvalue weighted by Gasteiger charge is -2.46. The minimum atomic E-state index is -0.0471. The van der Waals surface area contributed by atoms with Gasteiger partial charge in [0.1, 0.15) is 6.61 Å². The number of hydrogen-bond acceptors (Lipinski definition) is 3. The first-order chi connectivity index (χ1) is 7.24. The lowest BCUT2D eigenvalue weighted by Crippen LogP contribution is -2.59. The molecule has 1 rings (SSSR count). The first kappa shape index (κ1) is 13.4. The summed E-state index contributed by atoms with van der Waals surface area (Å²) in [6.07, 6.45) is 3.33. The molecular formula is C13H23NO2. The largest absolute Gasteiger partial charge is 0.370 e. The van der Waals surface area contributed by atoms with Gasteiger partial charge in [-0.1, -0.05) is 6.58 Å². The first-order valence-electron chi connectivity index (χ1n) is 5.80. The molecule has 0 aromatic carbocycles. The van der Waals surface area contributed by atoms with E-state index in [1.165, 1.54) is 6.08 Å². The molecule has 0 atom stereocenters. The van der Waals surface area contributed by atoms with Gasteiger partial charge in [-0.25, -0.2) is 0 Å². The SMILES string of the molecule is C=CC(=O)COC1CC(C)(C)NC(C)(C)C1. The number of rotatable bonds is 4. The van der Waals surface area contributed by atoms with Crippen molar-refractivity contribution < 1.29 is 9.53 Å². The maximum absolute atomic E-state index is 11.1. The van der Waals surface area contributed by atoms with E-state index in [-0.39, 0.29) is 29.6 Å². The van der Waals surface area contributed by atoms with E-state index in [4.69, 9.17) is 4.74 Å². The first-order valence-corrected chi connectivity index (χ1v) is 5.80. The van der Waals surface area contributed by atoms with E-state index in [9.17, 15) is 4.79 Å². The molecule has 0 aromatic heterocycles. The third-order valence-corrected chi connectivity index (χ3v) is 2.84. The van der Waals surface area contributed by atoms with Crippen LogP contribution in [0.15, 0.2) is 12.7 Å². The van der Waals surface area contributed by atoms with Crippen LogP contribution in [0.2, 0.25) is 0 Å². The number of ether oxygens (including phenoxy) is 1. The van der Waals surface area contributed by atoms with Crippen LogP contribution in [-0.2, 0) is 9.53 Å². The quantitative estimate of drug-likeness (QED) is 0.744. The van der Waals surface area contributed by atoms with E-state index in [0.29, 0.717) is 0 Å². The van der Waals surface area contributed by atoms with E-state index in [1.807, 2.05) is 0 Å². The molecule has 1 aliphatic rings. The lowest BCUT2D eigenvalue weighted by molar-refractivity contribution is -0.123. The third-order valence-electron chi connectivity index (χ3n) is 2.84. The van der Waals surface area contributed by atoms with Gasteiger partial charge in [-0.3, -0.25) is 4.79 Å². The molecule has 1 heterocycles. The second-order valence-electron chi connectivity index (χ2n) is 5.90. The van der Waals surface area contributed by atoms with Crippen LogP contribution >= 0.6 is 0 Å². The Bertz CT molecular complexity index is 266. The summed E-state index contributed by atoms with van der Waals surface area (Å²) in [5.74, 6) is -0.0471. The van der Waals surface area contributed by atoms with Crippen molar-refractivity contribution in [2.45, 2.75) is 57.7 Å². The van der Waals surface area contributed by atoms with Gasteiger partial charge in [0.2, 0.25) is 0 Å². The van der Waals surface area contributed by atoms with Gasteiger partial charge in [0.15, 0.2) is 5.78 Å². The highest BCUT2D eigenvalue weighted by atomic mass is 16.5. The van der Waals surface area contributed by atoms with Crippen LogP contribution in [0.4, 0.5) is 0 Å². The van der Waals surface area contributed by atoms with Crippen LogP contribution in [0.1, 0.15) is 40.5 Å². The van der Waals surface area contributed by atoms with E-state index in [2.05, 4.69) is 39.6 Å². The van der Waals surface area contributed by atoms with Crippen LogP contribution in [0.3, 0.4) is 0 Å². The summed E-state index contributed by atoms with van der Waals surface area (Å²) in [5.41, 5.74) is 0.118. The molecule has 92 valence electrons. The number of piperidine rings is 1. The molecule has 3 heteroatoms. The van der Waals surface area contributed by atoms with Crippen molar-refractivity contribution in [1.29, 1.82) is 0 Å². The maximum Gasteiger partial charge on any atom is 0.180 e. The summed E-state index contributed by atoms with van der Waals surface area (Å²) in [7, 11) is 0. The molecule has 0 saturated carbocycles. The van der Waals surface area contributed by atoms with Crippen molar-refractivity contribution in [3.63, 3.8) is 0 Å². The van der Waals surface area contributed by atoms with Gasteiger partial charge in [0.25, 0.3) is 0 Å². The van der Waals surface area contributed by atoms with Crippen LogP contribution in [0.5, 0.6) is 0 Å². The Kier molecular flexibility index (Phi) is 3.92. The average Bonchev–Trinajstić information content (AvgIpc) is 2.09. The van der Waals surface area contributed by atoms with Gasteiger partial charge in [-0.2, -0.15) is 0 Å². The van der Waals surface area contributed by atoms with Gasteiger partial charge >= 0.3 is 0 Å². The monoisotopic (exact) mass is 225 g/mol. The maximum atomic E-state index is 11.1. The van der Waals surface area contributed by atoms with Gasteiger partial charge in [0.05, 0.1) is 6.10 Å². The second kappa shape index (κ2) is 4.68. The molecule has 1 N–H and O–H groups in total. The summed E-state index contributed by atoms with van der Waals surface area (Å²) in [6.45, 7) is 12.3. The van der Waals surface area contributed by atoms with E-state index < -0.39 is 0 Å². The zero-order valence-electron chi connectivity index (χ0n) is 10.8. The van der Waals surface area contributed by atoms with Crippen molar-refractivity contribution in [2.75, 3.05) is 6.61 Å². The Labute approximate surface area is 98.2 Å². The van der Waals surface area contributed by atoms with Crippen molar-refractivity contribution in [3.8, 4) is 0 Å². The third kappa shape index (κ3) is 4.06. The zero-order valence-corrected chi connectivity index (χ0v) is 10.8. The Morgan fingerprint density at radius 3 is 2.31 bits per heavy atom. The highest BCUT2D eigenvalue weighted by molar-refractivity contribution is 5.90. The molecule has 1 saturated heterocycles. The zero-order chi connectivity index (χ0) is 12.4. The summed E-state index contributed by atoms with van der Waals surface area (Å²) in [4.78, 5) is 11.1. The Morgan fingerprint density at radius 2 is 1.88 bits per heavy atom. The smallest absolute Gasteiger partial charge is 0.180 e. The lowest BCUT2D eigenvalue weighted by atomic mass is 9.81. The Hall–Kier alpha value is -0.670. The van der Waals surface area contributed by atoms with E-state index >= 15 is 0 Å². The van der Waals surface area contributed by atoms with Crippen molar-refractivity contribution in [3.05, 3.63) is 12.7 Å². The summed E-state index contributed by atoms with van der Waals surface area (Å²) < 4.78 is 5.65. The van der Waals surface area contributed by atoms with Gasteiger partial charge in [0, 0.05) is 11.1 Å². The van der Waals surface area contributed by atoms with Crippen LogP contribution < -0.4 is 5.32 Å². The van der Waals surface area contributed by atoms with Crippen LogP contribution in [0, 0.1) is 0 Å². The van der Waals surface area contributed by atoms with Crippen molar-refractivity contribution >= 4 is 5.78 Å². The Balaban J connectivity index is 2.54. The van der Waals surface area contributed by atoms with Gasteiger partial charge < -0.3 is 10.1 Å². The average molecular weight is 225 g/mol. The highest BCUT2D eigenvalue weighted by Crippen LogP contribution is 2.30. The predicted octanol–water partition coefficient (Wildman–Crippen LogP) is 2.07. The second-order valence-corrected chi connectivity index (χ2v) is 5.90. The van der Waals surface area contributed by atoms with Crippen molar-refractivity contribution in [2.24, 2.45) is 0 Å². The molecule has 3 nitrogen and oxygen atoms in total. The summed E-state index contributed by atoms with van der Waals surface area (Å²) >= 11 is 0. The topological polar surface area (TPSA) is 38.3 Å². The van der Waals surface area contributed by atoms with Crippen molar-refractivity contribution in [1.82, 2.24) is 5.32 Å². The number of nitrogens with one attached hydrogen (secondary N) is 1. The molecule has 0 aliphatic carbocycles. The molecule has 16 heavy (non-hydrogen) atoms. The van der Waals surface area contributed by atoms with E-state index in [1.54, 1.807) is 0 Å². The molecule has 0 aromatic rings. The summed E-state index contributed by atoms with van der Waals surface area (Å²) in [6, 6.07) is 0. The highest BCUT2D eigenvalue weighted by Gasteiger charge is 2.38. The minimum absolute atomic E-state index is 0.0471. The molecule has 1 fully saturated rings. The fourth-order valence-electron chi connectivity index (χ4n) is 2.61. The van der Waals surface area contributed by atoms with Crippen LogP contribution in [0.25, 0.3) is 0 Å².